The van der Waals surface area contributed by atoms with E-state index in [0.29, 0.717) is 12.1 Å². The van der Waals surface area contributed by atoms with Gasteiger partial charge in [-0.05, 0) is 6.92 Å². The highest BCUT2D eigenvalue weighted by Crippen LogP contribution is 1.94. The van der Waals surface area contributed by atoms with Gasteiger partial charge in [-0.25, -0.2) is 0 Å². The molecular formula is C10H19N3O. The van der Waals surface area contributed by atoms with Gasteiger partial charge in [0.25, 0.3) is 0 Å². The monoisotopic (exact) mass is 197 g/mol. The average molecular weight is 197 g/mol. The second-order valence-electron chi connectivity index (χ2n) is 3.84. The Labute approximate surface area is 85.1 Å². The van der Waals surface area contributed by atoms with Crippen LogP contribution in [0.25, 0.3) is 0 Å². The predicted molar refractivity (Wildman–Crippen MR) is 55.9 cm³/mol. The van der Waals surface area contributed by atoms with Crippen LogP contribution in [0.2, 0.25) is 0 Å². The molecule has 80 valence electrons. The van der Waals surface area contributed by atoms with E-state index in [9.17, 15) is 0 Å². The third-order valence-electron chi connectivity index (χ3n) is 1.96. The smallest absolute Gasteiger partial charge is 0.124 e. The largest absolute Gasteiger partial charge is 0.364 e. The zero-order valence-corrected chi connectivity index (χ0v) is 9.08. The molecule has 14 heavy (non-hydrogen) atoms. The summed E-state index contributed by atoms with van der Waals surface area (Å²) in [5, 5.41) is 10.5. The minimum Gasteiger partial charge on any atom is -0.364 e. The Balaban J connectivity index is 2.12. The Morgan fingerprint density at radius 1 is 1.36 bits per heavy atom. The van der Waals surface area contributed by atoms with Gasteiger partial charge in [-0.3, -0.25) is 0 Å². The zero-order valence-electron chi connectivity index (χ0n) is 9.08. The molecule has 1 atom stereocenters. The molecule has 1 heterocycles. The summed E-state index contributed by atoms with van der Waals surface area (Å²) in [5.41, 5.74) is 0.946. The molecule has 0 aliphatic rings. The van der Waals surface area contributed by atoms with Gasteiger partial charge in [-0.2, -0.15) is 0 Å². The number of aromatic nitrogens is 1. The third kappa shape index (κ3) is 4.39. The normalized spacial score (nSPS) is 13.4. The lowest BCUT2D eigenvalue weighted by Crippen LogP contribution is -2.38. The molecule has 1 aromatic rings. The standard InChI is InChI=1S/C10H19N3O/c1-8(2)11-6-9(3)12-7-10-4-5-14-13-10/h4-5,8-9,11-12H,6-7H2,1-3H3. The minimum atomic E-state index is 0.439. The second-order valence-corrected chi connectivity index (χ2v) is 3.84. The van der Waals surface area contributed by atoms with Crippen molar-refractivity contribution in [1.82, 2.24) is 15.8 Å². The van der Waals surface area contributed by atoms with Crippen LogP contribution in [0.15, 0.2) is 16.9 Å². The van der Waals surface area contributed by atoms with Crippen molar-refractivity contribution in [2.45, 2.75) is 39.4 Å². The van der Waals surface area contributed by atoms with E-state index in [1.807, 2.05) is 6.07 Å². The van der Waals surface area contributed by atoms with Crippen molar-refractivity contribution >= 4 is 0 Å². The Morgan fingerprint density at radius 2 is 2.14 bits per heavy atom. The maximum absolute atomic E-state index is 4.74. The van der Waals surface area contributed by atoms with Gasteiger partial charge in [-0.15, -0.1) is 0 Å². The van der Waals surface area contributed by atoms with Crippen molar-refractivity contribution in [2.75, 3.05) is 6.54 Å². The highest BCUT2D eigenvalue weighted by molar-refractivity contribution is 4.94. The van der Waals surface area contributed by atoms with Gasteiger partial charge in [-0.1, -0.05) is 19.0 Å². The molecule has 0 aromatic carbocycles. The molecule has 4 nitrogen and oxygen atoms in total. The topological polar surface area (TPSA) is 50.1 Å². The summed E-state index contributed by atoms with van der Waals surface area (Å²) in [6, 6.07) is 2.84. The Morgan fingerprint density at radius 3 is 2.71 bits per heavy atom. The number of hydrogen-bond acceptors (Lipinski definition) is 4. The van der Waals surface area contributed by atoms with Crippen LogP contribution in [-0.4, -0.2) is 23.8 Å². The molecule has 0 aliphatic carbocycles. The van der Waals surface area contributed by atoms with Crippen LogP contribution in [0.3, 0.4) is 0 Å². The van der Waals surface area contributed by atoms with Crippen LogP contribution in [-0.2, 0) is 6.54 Å². The Bertz CT molecular complexity index is 234. The van der Waals surface area contributed by atoms with E-state index in [0.717, 1.165) is 18.8 Å². The number of rotatable bonds is 6. The first kappa shape index (κ1) is 11.2. The maximum Gasteiger partial charge on any atom is 0.124 e. The first-order valence-corrected chi connectivity index (χ1v) is 5.04. The lowest BCUT2D eigenvalue weighted by Gasteiger charge is -2.15. The summed E-state index contributed by atoms with van der Waals surface area (Å²) >= 11 is 0. The molecule has 4 heteroatoms. The molecule has 0 bridgehead atoms. The molecule has 0 aliphatic heterocycles. The summed E-state index contributed by atoms with van der Waals surface area (Å²) in [7, 11) is 0. The summed E-state index contributed by atoms with van der Waals surface area (Å²) < 4.78 is 4.74. The predicted octanol–water partition coefficient (Wildman–Crippen LogP) is 1.15. The van der Waals surface area contributed by atoms with Crippen LogP contribution in [0.4, 0.5) is 0 Å². The molecule has 0 saturated carbocycles. The van der Waals surface area contributed by atoms with E-state index in [1.54, 1.807) is 6.26 Å². The van der Waals surface area contributed by atoms with Crippen LogP contribution in [0.1, 0.15) is 26.5 Å². The minimum absolute atomic E-state index is 0.439. The fraction of sp³-hybridized carbons (Fsp3) is 0.700. The van der Waals surface area contributed by atoms with Crippen molar-refractivity contribution in [3.05, 3.63) is 18.0 Å². The lowest BCUT2D eigenvalue weighted by molar-refractivity contribution is 0.402. The van der Waals surface area contributed by atoms with Crippen LogP contribution < -0.4 is 10.6 Å². The van der Waals surface area contributed by atoms with Crippen LogP contribution in [0.5, 0.6) is 0 Å². The average Bonchev–Trinajstić information content (AvgIpc) is 2.63. The molecule has 1 aromatic heterocycles. The van der Waals surface area contributed by atoms with Crippen molar-refractivity contribution in [3.8, 4) is 0 Å². The van der Waals surface area contributed by atoms with Crippen molar-refractivity contribution in [2.24, 2.45) is 0 Å². The van der Waals surface area contributed by atoms with Crippen molar-refractivity contribution < 1.29 is 4.52 Å². The highest BCUT2D eigenvalue weighted by atomic mass is 16.5. The van der Waals surface area contributed by atoms with E-state index in [-0.39, 0.29) is 0 Å². The van der Waals surface area contributed by atoms with Crippen LogP contribution >= 0.6 is 0 Å². The van der Waals surface area contributed by atoms with Crippen molar-refractivity contribution in [1.29, 1.82) is 0 Å². The van der Waals surface area contributed by atoms with E-state index in [4.69, 9.17) is 4.52 Å². The fourth-order valence-electron chi connectivity index (χ4n) is 1.09. The first-order chi connectivity index (χ1) is 6.68. The van der Waals surface area contributed by atoms with Gasteiger partial charge in [0.1, 0.15) is 6.26 Å². The van der Waals surface area contributed by atoms with E-state index in [2.05, 4.69) is 36.6 Å². The summed E-state index contributed by atoms with van der Waals surface area (Å²) in [5.74, 6) is 0. The zero-order chi connectivity index (χ0) is 10.4. The van der Waals surface area contributed by atoms with Crippen molar-refractivity contribution in [3.63, 3.8) is 0 Å². The van der Waals surface area contributed by atoms with Gasteiger partial charge in [0.05, 0.1) is 5.69 Å². The summed E-state index contributed by atoms with van der Waals surface area (Å²) in [6.07, 6.45) is 1.59. The molecule has 2 N–H and O–H groups in total. The molecule has 0 fully saturated rings. The molecule has 1 rings (SSSR count). The third-order valence-corrected chi connectivity index (χ3v) is 1.96. The van der Waals surface area contributed by atoms with Gasteiger partial charge >= 0.3 is 0 Å². The first-order valence-electron chi connectivity index (χ1n) is 5.04. The molecule has 1 unspecified atom stereocenters. The number of nitrogens with one attached hydrogen (secondary N) is 2. The van der Waals surface area contributed by atoms with E-state index >= 15 is 0 Å². The molecule has 0 saturated heterocycles. The highest BCUT2D eigenvalue weighted by Gasteiger charge is 2.03. The maximum atomic E-state index is 4.74. The van der Waals surface area contributed by atoms with Gasteiger partial charge in [0.15, 0.2) is 0 Å². The quantitative estimate of drug-likeness (QED) is 0.718. The lowest BCUT2D eigenvalue weighted by atomic mass is 10.3. The Kier molecular flexibility index (Phi) is 4.62. The molecule has 0 amide bonds. The van der Waals surface area contributed by atoms with E-state index < -0.39 is 0 Å². The Hall–Kier alpha value is -0.870. The number of nitrogens with zero attached hydrogens (tertiary/aromatic N) is 1. The second kappa shape index (κ2) is 5.78. The summed E-state index contributed by atoms with van der Waals surface area (Å²) in [4.78, 5) is 0. The van der Waals surface area contributed by atoms with E-state index in [1.165, 1.54) is 0 Å². The molecule has 0 spiro atoms. The fourth-order valence-corrected chi connectivity index (χ4v) is 1.09. The summed E-state index contributed by atoms with van der Waals surface area (Å²) in [6.45, 7) is 8.16. The van der Waals surface area contributed by atoms with Crippen LogP contribution in [0, 0.1) is 0 Å². The molecule has 0 radical (unpaired) electrons. The number of hydrogen-bond donors (Lipinski definition) is 2. The van der Waals surface area contributed by atoms with Gasteiger partial charge in [0, 0.05) is 31.2 Å². The SMILES string of the molecule is CC(C)NCC(C)NCc1ccon1. The van der Waals surface area contributed by atoms with Gasteiger partial charge < -0.3 is 15.2 Å². The van der Waals surface area contributed by atoms with Gasteiger partial charge in [0.2, 0.25) is 0 Å². The molecular weight excluding hydrogens is 178 g/mol.